The molecule has 178 valence electrons. The van der Waals surface area contributed by atoms with Crippen molar-refractivity contribution in [1.29, 1.82) is 0 Å². The summed E-state index contributed by atoms with van der Waals surface area (Å²) in [7, 11) is -3.43. The number of hydrogen-bond acceptors (Lipinski definition) is 5. The van der Waals surface area contributed by atoms with E-state index < -0.39 is 16.6 Å². The van der Waals surface area contributed by atoms with Gasteiger partial charge in [0.25, 0.3) is 0 Å². The van der Waals surface area contributed by atoms with Gasteiger partial charge in [0.05, 0.1) is 19.3 Å². The van der Waals surface area contributed by atoms with E-state index in [1.165, 1.54) is 0 Å². The number of ether oxygens (including phenoxy) is 1. The minimum absolute atomic E-state index is 0.00952. The molecule has 0 saturated carbocycles. The van der Waals surface area contributed by atoms with Crippen LogP contribution in [0.25, 0.3) is 0 Å². The van der Waals surface area contributed by atoms with Crippen molar-refractivity contribution in [2.75, 3.05) is 19.8 Å². The first-order valence-electron chi connectivity index (χ1n) is 12.1. The highest BCUT2D eigenvalue weighted by Gasteiger charge is 2.34. The van der Waals surface area contributed by atoms with E-state index in [1.807, 2.05) is 18.2 Å². The van der Waals surface area contributed by atoms with Gasteiger partial charge >= 0.3 is 0 Å². The van der Waals surface area contributed by atoms with E-state index >= 15 is 0 Å². The van der Waals surface area contributed by atoms with Gasteiger partial charge in [-0.3, -0.25) is 9.59 Å². The summed E-state index contributed by atoms with van der Waals surface area (Å²) in [6.07, 6.45) is 6.85. The second kappa shape index (κ2) is 14.3. The molecule has 0 aromatic carbocycles. The zero-order chi connectivity index (χ0) is 23.3. The van der Waals surface area contributed by atoms with Crippen LogP contribution in [0.2, 0.25) is 36.3 Å². The number of carbonyl (C=O) groups is 2. The predicted octanol–water partition coefficient (Wildman–Crippen LogP) is 5.83. The van der Waals surface area contributed by atoms with Crippen molar-refractivity contribution in [3.8, 4) is 0 Å². The normalized spacial score (nSPS) is 17.5. The summed E-state index contributed by atoms with van der Waals surface area (Å²) in [4.78, 5) is 24.3. The van der Waals surface area contributed by atoms with E-state index in [-0.39, 0.29) is 30.9 Å². The fourth-order valence-corrected chi connectivity index (χ4v) is 9.49. The molecule has 0 heterocycles. The number of ketones is 2. The largest absolute Gasteiger partial charge is 0.410 e. The lowest BCUT2D eigenvalue weighted by molar-refractivity contribution is -0.125. The highest BCUT2D eigenvalue weighted by Crippen LogP contribution is 2.29. The number of allylic oxidation sites excluding steroid dienone is 2. The maximum Gasteiger partial charge on any atom is 0.192 e. The Morgan fingerprint density at radius 3 is 2.06 bits per heavy atom. The first-order valence-corrected chi connectivity index (χ1v) is 17.2. The highest BCUT2D eigenvalue weighted by atomic mass is 28.4. The van der Waals surface area contributed by atoms with Gasteiger partial charge in [-0.25, -0.2) is 0 Å². The molecule has 7 heteroatoms. The van der Waals surface area contributed by atoms with Crippen LogP contribution in [0.1, 0.15) is 54.4 Å². The number of hydrogen-bond donors (Lipinski definition) is 0. The van der Waals surface area contributed by atoms with Crippen LogP contribution in [0.5, 0.6) is 0 Å². The van der Waals surface area contributed by atoms with Gasteiger partial charge in [-0.1, -0.05) is 53.7 Å². The van der Waals surface area contributed by atoms with Crippen molar-refractivity contribution in [2.24, 2.45) is 0 Å². The maximum absolute atomic E-state index is 12.3. The Hall–Kier alpha value is -0.866. The van der Waals surface area contributed by atoms with Crippen LogP contribution in [0.4, 0.5) is 0 Å². The van der Waals surface area contributed by atoms with Gasteiger partial charge in [0.2, 0.25) is 0 Å². The molecule has 0 N–H and O–H groups in total. The molecule has 0 aromatic rings. The summed E-state index contributed by atoms with van der Waals surface area (Å²) in [5.74, 6) is 0.175. The molecule has 0 spiro atoms. The number of carbonyl (C=O) groups excluding carboxylic acids is 2. The van der Waals surface area contributed by atoms with E-state index in [1.54, 1.807) is 0 Å². The first kappa shape index (κ1) is 28.2. The minimum atomic E-state index is -1.73. The van der Waals surface area contributed by atoms with Gasteiger partial charge in [-0.15, -0.1) is 0 Å². The number of Topliss-reactive ketones (excluding diaryl/α,β-unsaturated/α-hetero) is 2. The lowest BCUT2D eigenvalue weighted by Gasteiger charge is -2.30. The smallest absolute Gasteiger partial charge is 0.192 e. The van der Waals surface area contributed by atoms with E-state index in [9.17, 15) is 9.59 Å². The van der Waals surface area contributed by atoms with Crippen LogP contribution in [-0.2, 0) is 23.2 Å². The van der Waals surface area contributed by atoms with Crippen molar-refractivity contribution in [1.82, 2.24) is 0 Å². The SMILES string of the molecule is CC[Si](CC)(CC)OCC(=O)COC/C=C\CC1=CC(O[Si](CC)(CC)CC)CC1=O. The third-order valence-corrected chi connectivity index (χ3v) is 16.2. The molecular weight excluding hydrogens is 424 g/mol. The van der Waals surface area contributed by atoms with E-state index in [0.717, 1.165) is 41.8 Å². The van der Waals surface area contributed by atoms with Gasteiger partial charge in [0.1, 0.15) is 6.61 Å². The van der Waals surface area contributed by atoms with Crippen molar-refractivity contribution in [2.45, 2.75) is 96.8 Å². The molecule has 1 aliphatic rings. The molecule has 1 rings (SSSR count). The van der Waals surface area contributed by atoms with E-state index in [4.69, 9.17) is 13.6 Å². The summed E-state index contributed by atoms with van der Waals surface area (Å²) in [5, 5.41) is 0. The first-order chi connectivity index (χ1) is 14.8. The molecule has 0 fully saturated rings. The van der Waals surface area contributed by atoms with Gasteiger partial charge in [0.15, 0.2) is 28.2 Å². The molecule has 1 atom stereocenters. The summed E-state index contributed by atoms with van der Waals surface area (Å²) in [6, 6.07) is 6.38. The molecule has 0 saturated heterocycles. The van der Waals surface area contributed by atoms with Crippen molar-refractivity contribution >= 4 is 28.2 Å². The van der Waals surface area contributed by atoms with Crippen molar-refractivity contribution in [3.63, 3.8) is 0 Å². The van der Waals surface area contributed by atoms with Crippen LogP contribution in [-0.4, -0.2) is 54.1 Å². The zero-order valence-corrected chi connectivity index (χ0v) is 22.6. The maximum atomic E-state index is 12.3. The van der Waals surface area contributed by atoms with Gasteiger partial charge in [-0.2, -0.15) is 0 Å². The third kappa shape index (κ3) is 8.88. The van der Waals surface area contributed by atoms with Crippen molar-refractivity contribution < 1.29 is 23.2 Å². The number of rotatable bonds is 17. The molecule has 31 heavy (non-hydrogen) atoms. The fourth-order valence-electron chi connectivity index (χ4n) is 4.12. The minimum Gasteiger partial charge on any atom is -0.410 e. The van der Waals surface area contributed by atoms with Crippen LogP contribution in [0, 0.1) is 0 Å². The summed E-state index contributed by atoms with van der Waals surface area (Å²) >= 11 is 0. The Morgan fingerprint density at radius 2 is 1.52 bits per heavy atom. The van der Waals surface area contributed by atoms with Crippen LogP contribution in [0.15, 0.2) is 23.8 Å². The Morgan fingerprint density at radius 1 is 0.935 bits per heavy atom. The third-order valence-electron chi connectivity index (χ3n) is 6.92. The van der Waals surface area contributed by atoms with E-state index in [2.05, 4.69) is 41.5 Å². The molecule has 1 aliphatic carbocycles. The quantitative estimate of drug-likeness (QED) is 0.153. The summed E-state index contributed by atoms with van der Waals surface area (Å²) in [5.41, 5.74) is 0.830. The van der Waals surface area contributed by atoms with Crippen LogP contribution in [0.3, 0.4) is 0 Å². The van der Waals surface area contributed by atoms with Crippen LogP contribution >= 0.6 is 0 Å². The molecule has 0 bridgehead atoms. The monoisotopic (exact) mass is 468 g/mol. The Balaban J connectivity index is 2.36. The molecular formula is C24H44O5Si2. The van der Waals surface area contributed by atoms with Gasteiger partial charge in [0, 0.05) is 6.42 Å². The topological polar surface area (TPSA) is 61.8 Å². The molecule has 0 aromatic heterocycles. The van der Waals surface area contributed by atoms with Crippen molar-refractivity contribution in [3.05, 3.63) is 23.8 Å². The van der Waals surface area contributed by atoms with Crippen LogP contribution < -0.4 is 0 Å². The molecule has 0 aliphatic heterocycles. The molecule has 5 nitrogen and oxygen atoms in total. The molecule has 0 radical (unpaired) electrons. The standard InChI is InChI=1S/C24H44O5Si2/c1-7-30(8-2,9-3)28-20-22(25)19-27-16-14-13-15-21-17-23(18-24(21)26)29-31(10-4,11-5)12-6/h13-14,17,23H,7-12,15-16,18-20H2,1-6H3/b14-13-. The zero-order valence-electron chi connectivity index (χ0n) is 20.6. The summed E-state index contributed by atoms with van der Waals surface area (Å²) < 4.78 is 17.9. The lowest BCUT2D eigenvalue weighted by Crippen LogP contribution is -2.39. The highest BCUT2D eigenvalue weighted by molar-refractivity contribution is 6.74. The van der Waals surface area contributed by atoms with E-state index in [0.29, 0.717) is 19.4 Å². The Kier molecular flexibility index (Phi) is 13.0. The Bertz CT molecular complexity index is 605. The van der Waals surface area contributed by atoms with Gasteiger partial charge < -0.3 is 13.6 Å². The second-order valence-corrected chi connectivity index (χ2v) is 18.0. The Labute approximate surface area is 191 Å². The lowest BCUT2D eigenvalue weighted by atomic mass is 10.1. The molecule has 0 amide bonds. The fraction of sp³-hybridized carbons (Fsp3) is 0.750. The predicted molar refractivity (Wildman–Crippen MR) is 133 cm³/mol. The average molecular weight is 469 g/mol. The summed E-state index contributed by atoms with van der Waals surface area (Å²) in [6.45, 7) is 13.7. The second-order valence-electron chi connectivity index (χ2n) is 8.48. The average Bonchev–Trinajstić information content (AvgIpc) is 3.14. The molecule has 1 unspecified atom stereocenters. The van der Waals surface area contributed by atoms with Gasteiger partial charge in [-0.05, 0) is 54.3 Å².